The highest BCUT2D eigenvalue weighted by atomic mass is 32.2. The Bertz CT molecular complexity index is 379. The van der Waals surface area contributed by atoms with Crippen molar-refractivity contribution in [2.24, 2.45) is 4.99 Å². The number of aliphatic imine (C=N–C) groups is 1. The van der Waals surface area contributed by atoms with Crippen molar-refractivity contribution < 1.29 is 4.39 Å². The first-order valence-corrected chi connectivity index (χ1v) is 5.96. The highest BCUT2D eigenvalue weighted by Gasteiger charge is 2.12. The zero-order valence-electron chi connectivity index (χ0n) is 8.53. The van der Waals surface area contributed by atoms with Gasteiger partial charge in [0.25, 0.3) is 0 Å². The molecular formula is C11H13FN2S. The minimum Gasteiger partial charge on any atom is -0.333 e. The smallest absolute Gasteiger partial charge is 0.161 e. The van der Waals surface area contributed by atoms with Crippen LogP contribution in [0.3, 0.4) is 0 Å². The van der Waals surface area contributed by atoms with Crippen molar-refractivity contribution in [1.82, 2.24) is 0 Å². The Hall–Kier alpha value is -1.03. The fourth-order valence-electron chi connectivity index (χ4n) is 1.37. The third kappa shape index (κ3) is 2.72. The molecule has 0 aliphatic carbocycles. The first kappa shape index (κ1) is 10.5. The molecule has 1 aromatic carbocycles. The summed E-state index contributed by atoms with van der Waals surface area (Å²) in [6.07, 6.45) is 1.09. The molecule has 1 heterocycles. The number of hydrogen-bond acceptors (Lipinski definition) is 3. The van der Waals surface area contributed by atoms with Crippen molar-refractivity contribution in [1.29, 1.82) is 0 Å². The lowest BCUT2D eigenvalue weighted by Gasteiger charge is -2.17. The number of para-hydroxylation sites is 1. The normalized spacial score (nSPS) is 20.9. The van der Waals surface area contributed by atoms with Crippen LogP contribution >= 0.6 is 11.8 Å². The molecule has 1 N–H and O–H groups in total. The lowest BCUT2D eigenvalue weighted by Crippen LogP contribution is -2.18. The van der Waals surface area contributed by atoms with Crippen molar-refractivity contribution in [3.05, 3.63) is 30.1 Å². The van der Waals surface area contributed by atoms with E-state index in [2.05, 4.69) is 17.2 Å². The van der Waals surface area contributed by atoms with Crippen LogP contribution in [0, 0.1) is 5.82 Å². The van der Waals surface area contributed by atoms with Crippen LogP contribution in [-0.2, 0) is 0 Å². The van der Waals surface area contributed by atoms with Crippen molar-refractivity contribution in [3.63, 3.8) is 0 Å². The quantitative estimate of drug-likeness (QED) is 0.792. The first-order chi connectivity index (χ1) is 7.25. The van der Waals surface area contributed by atoms with Gasteiger partial charge < -0.3 is 5.32 Å². The predicted molar refractivity (Wildman–Crippen MR) is 64.0 cm³/mol. The Kier molecular flexibility index (Phi) is 3.26. The lowest BCUT2D eigenvalue weighted by atomic mass is 10.3. The predicted octanol–water partition coefficient (Wildman–Crippen LogP) is 3.12. The molecule has 0 saturated carbocycles. The number of rotatable bonds is 1. The summed E-state index contributed by atoms with van der Waals surface area (Å²) in [4.78, 5) is 4.42. The van der Waals surface area contributed by atoms with Gasteiger partial charge in [-0.2, -0.15) is 0 Å². The Balaban J connectivity index is 2.12. The van der Waals surface area contributed by atoms with E-state index in [0.29, 0.717) is 11.7 Å². The summed E-state index contributed by atoms with van der Waals surface area (Å²) >= 11 is 1.64. The van der Waals surface area contributed by atoms with E-state index in [1.807, 2.05) is 6.07 Å². The highest BCUT2D eigenvalue weighted by Crippen LogP contribution is 2.20. The van der Waals surface area contributed by atoms with Crippen LogP contribution in [0.25, 0.3) is 0 Å². The second-order valence-electron chi connectivity index (χ2n) is 3.53. The van der Waals surface area contributed by atoms with E-state index in [1.54, 1.807) is 23.9 Å². The number of nitrogens with zero attached hydrogens (tertiary/aromatic N) is 1. The molecule has 2 rings (SSSR count). The number of halogens is 1. The molecule has 0 spiro atoms. The molecule has 0 amide bonds. The number of anilines is 1. The maximum atomic E-state index is 13.3. The number of thioether (sulfide) groups is 1. The zero-order chi connectivity index (χ0) is 10.7. The maximum Gasteiger partial charge on any atom is 0.161 e. The van der Waals surface area contributed by atoms with Gasteiger partial charge in [-0.05, 0) is 25.5 Å². The van der Waals surface area contributed by atoms with Gasteiger partial charge in [-0.1, -0.05) is 23.9 Å². The van der Waals surface area contributed by atoms with Crippen molar-refractivity contribution in [2.45, 2.75) is 19.4 Å². The van der Waals surface area contributed by atoms with E-state index in [-0.39, 0.29) is 5.82 Å². The molecule has 1 aliphatic rings. The monoisotopic (exact) mass is 224 g/mol. The molecule has 4 heteroatoms. The first-order valence-electron chi connectivity index (χ1n) is 4.98. The summed E-state index contributed by atoms with van der Waals surface area (Å²) in [5.41, 5.74) is 0.498. The van der Waals surface area contributed by atoms with Gasteiger partial charge in [0, 0.05) is 5.75 Å². The fraction of sp³-hybridized carbons (Fsp3) is 0.364. The molecule has 0 bridgehead atoms. The molecule has 15 heavy (non-hydrogen) atoms. The van der Waals surface area contributed by atoms with Crippen LogP contribution in [0.4, 0.5) is 10.1 Å². The van der Waals surface area contributed by atoms with Crippen molar-refractivity contribution in [3.8, 4) is 0 Å². The van der Waals surface area contributed by atoms with E-state index in [1.165, 1.54) is 6.07 Å². The minimum absolute atomic E-state index is 0.237. The minimum atomic E-state index is -0.237. The Morgan fingerprint density at radius 2 is 2.27 bits per heavy atom. The summed E-state index contributed by atoms with van der Waals surface area (Å²) < 4.78 is 13.3. The van der Waals surface area contributed by atoms with E-state index < -0.39 is 0 Å². The van der Waals surface area contributed by atoms with Gasteiger partial charge in [0.15, 0.2) is 5.17 Å². The molecule has 80 valence electrons. The number of benzene rings is 1. The summed E-state index contributed by atoms with van der Waals surface area (Å²) in [5, 5.41) is 3.84. The largest absolute Gasteiger partial charge is 0.333 e. The second-order valence-corrected chi connectivity index (χ2v) is 4.61. The number of hydrogen-bond donors (Lipinski definition) is 1. The van der Waals surface area contributed by atoms with Gasteiger partial charge in [0.1, 0.15) is 5.82 Å². The van der Waals surface area contributed by atoms with Crippen LogP contribution in [0.5, 0.6) is 0 Å². The number of amidine groups is 1. The standard InChI is InChI=1S/C11H13FN2S/c1-8-6-7-15-11(13-8)14-10-5-3-2-4-9(10)12/h2-5,8H,6-7H2,1H3,(H,13,14). The Morgan fingerprint density at radius 3 is 3.00 bits per heavy atom. The zero-order valence-corrected chi connectivity index (χ0v) is 9.35. The van der Waals surface area contributed by atoms with Crippen molar-refractivity contribution >= 4 is 22.6 Å². The topological polar surface area (TPSA) is 24.4 Å². The van der Waals surface area contributed by atoms with Crippen LogP contribution in [0.1, 0.15) is 13.3 Å². The third-order valence-corrected chi connectivity index (χ3v) is 3.15. The Morgan fingerprint density at radius 1 is 1.47 bits per heavy atom. The summed E-state index contributed by atoms with van der Waals surface area (Å²) in [6, 6.07) is 6.99. The van der Waals surface area contributed by atoms with E-state index in [0.717, 1.165) is 17.3 Å². The molecule has 1 aromatic rings. The van der Waals surface area contributed by atoms with Crippen LogP contribution in [-0.4, -0.2) is 17.0 Å². The van der Waals surface area contributed by atoms with Gasteiger partial charge >= 0.3 is 0 Å². The molecule has 0 radical (unpaired) electrons. The molecular weight excluding hydrogens is 211 g/mol. The summed E-state index contributed by atoms with van der Waals surface area (Å²) in [5.74, 6) is 0.806. The lowest BCUT2D eigenvalue weighted by molar-refractivity contribution is 0.632. The molecule has 2 nitrogen and oxygen atoms in total. The summed E-state index contributed by atoms with van der Waals surface area (Å²) in [6.45, 7) is 2.07. The maximum absolute atomic E-state index is 13.3. The molecule has 0 fully saturated rings. The van der Waals surface area contributed by atoms with E-state index >= 15 is 0 Å². The van der Waals surface area contributed by atoms with Gasteiger partial charge in [0.05, 0.1) is 11.7 Å². The molecule has 0 aromatic heterocycles. The molecule has 1 unspecified atom stereocenters. The van der Waals surface area contributed by atoms with Gasteiger partial charge in [-0.25, -0.2) is 4.39 Å². The van der Waals surface area contributed by atoms with Crippen LogP contribution in [0.2, 0.25) is 0 Å². The molecule has 1 atom stereocenters. The van der Waals surface area contributed by atoms with Gasteiger partial charge in [-0.15, -0.1) is 0 Å². The van der Waals surface area contributed by atoms with Crippen molar-refractivity contribution in [2.75, 3.05) is 11.1 Å². The fourth-order valence-corrected chi connectivity index (χ4v) is 2.46. The van der Waals surface area contributed by atoms with E-state index in [9.17, 15) is 4.39 Å². The third-order valence-electron chi connectivity index (χ3n) is 2.23. The van der Waals surface area contributed by atoms with Crippen LogP contribution < -0.4 is 5.32 Å². The Labute approximate surface area is 93.0 Å². The average Bonchev–Trinajstić information content (AvgIpc) is 2.22. The molecule has 0 saturated heterocycles. The van der Waals surface area contributed by atoms with Gasteiger partial charge in [-0.3, -0.25) is 4.99 Å². The summed E-state index contributed by atoms with van der Waals surface area (Å²) in [7, 11) is 0. The molecule has 1 aliphatic heterocycles. The number of nitrogens with one attached hydrogen (secondary N) is 1. The SMILES string of the molecule is CC1CCSC(Nc2ccccc2F)=N1. The van der Waals surface area contributed by atoms with Crippen LogP contribution in [0.15, 0.2) is 29.3 Å². The average molecular weight is 224 g/mol. The second kappa shape index (κ2) is 4.66. The highest BCUT2D eigenvalue weighted by molar-refractivity contribution is 8.14. The van der Waals surface area contributed by atoms with Gasteiger partial charge in [0.2, 0.25) is 0 Å². The van der Waals surface area contributed by atoms with E-state index in [4.69, 9.17) is 0 Å².